The summed E-state index contributed by atoms with van der Waals surface area (Å²) in [6, 6.07) is 12.0. The first-order chi connectivity index (χ1) is 9.02. The van der Waals surface area contributed by atoms with Gasteiger partial charge in [0.15, 0.2) is 0 Å². The fourth-order valence-corrected chi connectivity index (χ4v) is 3.03. The van der Waals surface area contributed by atoms with Crippen LogP contribution in [0.15, 0.2) is 40.9 Å². The van der Waals surface area contributed by atoms with Gasteiger partial charge in [-0.2, -0.15) is 0 Å². The summed E-state index contributed by atoms with van der Waals surface area (Å²) >= 11 is 5.86. The van der Waals surface area contributed by atoms with Crippen LogP contribution in [-0.2, 0) is 0 Å². The summed E-state index contributed by atoms with van der Waals surface area (Å²) in [7, 11) is 1.67. The van der Waals surface area contributed by atoms with Gasteiger partial charge in [0.2, 0.25) is 0 Å². The van der Waals surface area contributed by atoms with Crippen molar-refractivity contribution in [2.24, 2.45) is 5.73 Å². The Hall–Kier alpha value is -0.590. The van der Waals surface area contributed by atoms with E-state index in [4.69, 9.17) is 10.5 Å². The molecular weight excluding hydrogens is 417 g/mol. The Bertz CT molecular complexity index is 601. The quantitative estimate of drug-likeness (QED) is 0.730. The number of halogens is 2. The molecule has 0 amide bonds. The third-order valence-corrected chi connectivity index (χ3v) is 4.41. The zero-order valence-electron chi connectivity index (χ0n) is 10.8. The van der Waals surface area contributed by atoms with E-state index in [0.717, 1.165) is 24.9 Å². The van der Waals surface area contributed by atoms with Gasteiger partial charge in [0.05, 0.1) is 13.2 Å². The third kappa shape index (κ3) is 3.30. The zero-order valence-corrected chi connectivity index (χ0v) is 14.5. The molecule has 2 nitrogen and oxygen atoms in total. The predicted octanol–water partition coefficient (Wildman–Crippen LogP) is 4.42. The van der Waals surface area contributed by atoms with Crippen LogP contribution in [-0.4, -0.2) is 7.11 Å². The van der Waals surface area contributed by atoms with E-state index in [1.54, 1.807) is 7.11 Å². The first kappa shape index (κ1) is 14.8. The summed E-state index contributed by atoms with van der Waals surface area (Å²) < 4.78 is 7.60. The van der Waals surface area contributed by atoms with Crippen molar-refractivity contribution < 1.29 is 4.74 Å². The number of methoxy groups -OCH3 is 1. The van der Waals surface area contributed by atoms with Crippen LogP contribution in [0.5, 0.6) is 5.75 Å². The molecule has 0 saturated heterocycles. The molecule has 2 N–H and O–H groups in total. The van der Waals surface area contributed by atoms with Crippen LogP contribution in [0, 0.1) is 10.5 Å². The molecule has 0 aliphatic carbocycles. The highest BCUT2D eigenvalue weighted by atomic mass is 127. The summed E-state index contributed by atoms with van der Waals surface area (Å²) in [5.41, 5.74) is 9.66. The van der Waals surface area contributed by atoms with Crippen molar-refractivity contribution in [3.63, 3.8) is 0 Å². The normalized spacial score (nSPS) is 12.3. The van der Waals surface area contributed by atoms with E-state index in [9.17, 15) is 0 Å². The second kappa shape index (κ2) is 6.24. The van der Waals surface area contributed by atoms with E-state index < -0.39 is 0 Å². The zero-order chi connectivity index (χ0) is 14.0. The van der Waals surface area contributed by atoms with E-state index in [-0.39, 0.29) is 6.04 Å². The molecule has 2 aromatic carbocycles. The molecule has 0 aromatic heterocycles. The van der Waals surface area contributed by atoms with Crippen molar-refractivity contribution in [3.8, 4) is 5.75 Å². The molecule has 2 rings (SSSR count). The number of benzene rings is 2. The number of hydrogen-bond donors (Lipinski definition) is 1. The molecule has 0 aliphatic heterocycles. The molecule has 4 heteroatoms. The molecule has 2 aromatic rings. The lowest BCUT2D eigenvalue weighted by atomic mass is 9.97. The maximum absolute atomic E-state index is 6.42. The smallest absolute Gasteiger partial charge is 0.123 e. The van der Waals surface area contributed by atoms with Crippen LogP contribution in [0.3, 0.4) is 0 Å². The Morgan fingerprint density at radius 1 is 1.16 bits per heavy atom. The fraction of sp³-hybridized carbons (Fsp3) is 0.200. The lowest BCUT2D eigenvalue weighted by Gasteiger charge is -2.18. The lowest BCUT2D eigenvalue weighted by Crippen LogP contribution is -2.14. The highest BCUT2D eigenvalue weighted by molar-refractivity contribution is 14.1. The van der Waals surface area contributed by atoms with E-state index in [0.29, 0.717) is 0 Å². The summed E-state index contributed by atoms with van der Waals surface area (Å²) in [4.78, 5) is 0. The maximum Gasteiger partial charge on any atom is 0.123 e. The Morgan fingerprint density at radius 3 is 2.58 bits per heavy atom. The molecule has 0 fully saturated rings. The minimum absolute atomic E-state index is 0.209. The summed E-state index contributed by atoms with van der Waals surface area (Å²) in [6.45, 7) is 2.06. The molecule has 0 bridgehead atoms. The van der Waals surface area contributed by atoms with Gasteiger partial charge in [-0.05, 0) is 59.3 Å². The molecule has 1 unspecified atom stereocenters. The molecule has 0 radical (unpaired) electrons. The van der Waals surface area contributed by atoms with Gasteiger partial charge in [0.25, 0.3) is 0 Å². The monoisotopic (exact) mass is 431 g/mol. The highest BCUT2D eigenvalue weighted by Gasteiger charge is 2.17. The standard InChI is InChI=1S/C15H15BrINO/c1-9-3-6-14(19-2)12(7-9)15(18)11-8-10(17)4-5-13(11)16/h3-8,15H,18H2,1-2H3. The average Bonchev–Trinajstić information content (AvgIpc) is 2.40. The summed E-state index contributed by atoms with van der Waals surface area (Å²) in [5.74, 6) is 0.823. The van der Waals surface area contributed by atoms with Crippen LogP contribution >= 0.6 is 38.5 Å². The summed E-state index contributed by atoms with van der Waals surface area (Å²) in [5, 5.41) is 0. The predicted molar refractivity (Wildman–Crippen MR) is 90.6 cm³/mol. The second-order valence-electron chi connectivity index (χ2n) is 4.39. The number of hydrogen-bond acceptors (Lipinski definition) is 2. The first-order valence-corrected chi connectivity index (χ1v) is 7.75. The number of ether oxygens (including phenoxy) is 1. The van der Waals surface area contributed by atoms with Crippen LogP contribution < -0.4 is 10.5 Å². The third-order valence-electron chi connectivity index (χ3n) is 3.01. The topological polar surface area (TPSA) is 35.2 Å². The first-order valence-electron chi connectivity index (χ1n) is 5.88. The Labute approximate surface area is 135 Å². The lowest BCUT2D eigenvalue weighted by molar-refractivity contribution is 0.407. The van der Waals surface area contributed by atoms with Crippen molar-refractivity contribution in [1.29, 1.82) is 0 Å². The van der Waals surface area contributed by atoms with Crippen molar-refractivity contribution in [3.05, 3.63) is 61.1 Å². The van der Waals surface area contributed by atoms with Crippen molar-refractivity contribution >= 4 is 38.5 Å². The van der Waals surface area contributed by atoms with E-state index >= 15 is 0 Å². The van der Waals surface area contributed by atoms with E-state index in [1.807, 2.05) is 24.3 Å². The van der Waals surface area contributed by atoms with Crippen LogP contribution in [0.1, 0.15) is 22.7 Å². The van der Waals surface area contributed by atoms with Gasteiger partial charge in [0, 0.05) is 13.6 Å². The number of aryl methyl sites for hydroxylation is 1. The SMILES string of the molecule is COc1ccc(C)cc1C(N)c1cc(I)ccc1Br. The minimum atomic E-state index is -0.209. The van der Waals surface area contributed by atoms with Crippen molar-refractivity contribution in [2.75, 3.05) is 7.11 Å². The molecule has 0 aliphatic rings. The summed E-state index contributed by atoms with van der Waals surface area (Å²) in [6.07, 6.45) is 0. The molecule has 0 spiro atoms. The maximum atomic E-state index is 6.42. The second-order valence-corrected chi connectivity index (χ2v) is 6.49. The van der Waals surface area contributed by atoms with Crippen molar-refractivity contribution in [2.45, 2.75) is 13.0 Å². The van der Waals surface area contributed by atoms with E-state index in [1.165, 1.54) is 5.56 Å². The van der Waals surface area contributed by atoms with Gasteiger partial charge < -0.3 is 10.5 Å². The van der Waals surface area contributed by atoms with Gasteiger partial charge in [-0.3, -0.25) is 0 Å². The number of rotatable bonds is 3. The number of nitrogens with two attached hydrogens (primary N) is 1. The van der Waals surface area contributed by atoms with Gasteiger partial charge in [-0.15, -0.1) is 0 Å². The van der Waals surface area contributed by atoms with Crippen LogP contribution in [0.25, 0.3) is 0 Å². The van der Waals surface area contributed by atoms with Gasteiger partial charge in [-0.25, -0.2) is 0 Å². The Morgan fingerprint density at radius 2 is 1.89 bits per heavy atom. The molecule has 0 heterocycles. The Kier molecular flexibility index (Phi) is 4.86. The van der Waals surface area contributed by atoms with E-state index in [2.05, 4.69) is 57.6 Å². The molecule has 1 atom stereocenters. The largest absolute Gasteiger partial charge is 0.496 e. The molecule has 100 valence electrons. The fourth-order valence-electron chi connectivity index (χ4n) is 2.02. The molecule has 19 heavy (non-hydrogen) atoms. The molecule has 0 saturated carbocycles. The highest BCUT2D eigenvalue weighted by Crippen LogP contribution is 2.33. The van der Waals surface area contributed by atoms with Crippen LogP contribution in [0.2, 0.25) is 0 Å². The molecular formula is C15H15BrINO. The van der Waals surface area contributed by atoms with Gasteiger partial charge in [-0.1, -0.05) is 33.6 Å². The van der Waals surface area contributed by atoms with Crippen LogP contribution in [0.4, 0.5) is 0 Å². The van der Waals surface area contributed by atoms with Gasteiger partial charge >= 0.3 is 0 Å². The Balaban J connectivity index is 2.51. The van der Waals surface area contributed by atoms with Crippen molar-refractivity contribution in [1.82, 2.24) is 0 Å². The minimum Gasteiger partial charge on any atom is -0.496 e. The average molecular weight is 432 g/mol. The van der Waals surface area contributed by atoms with Gasteiger partial charge in [0.1, 0.15) is 5.75 Å².